The summed E-state index contributed by atoms with van der Waals surface area (Å²) in [7, 11) is 0. The van der Waals surface area contributed by atoms with Crippen LogP contribution in [0.1, 0.15) is 39.4 Å². The third kappa shape index (κ3) is 4.27. The summed E-state index contributed by atoms with van der Waals surface area (Å²) >= 11 is 0. The first kappa shape index (κ1) is 19.7. The number of hydrogen-bond donors (Lipinski definition) is 2. The van der Waals surface area contributed by atoms with Gasteiger partial charge in [-0.15, -0.1) is 0 Å². The van der Waals surface area contributed by atoms with Gasteiger partial charge in [0.2, 0.25) is 0 Å². The number of carboxylic acid groups (broad SMARTS) is 1. The maximum atomic E-state index is 12.8. The minimum Gasteiger partial charge on any atom is -0.465 e. The summed E-state index contributed by atoms with van der Waals surface area (Å²) < 4.78 is 38.5. The Morgan fingerprint density at radius 1 is 1.18 bits per heavy atom. The number of carbonyl (C=O) groups is 2. The Morgan fingerprint density at radius 3 is 2.57 bits per heavy atom. The molecule has 0 aliphatic carbocycles. The van der Waals surface area contributed by atoms with E-state index in [0.717, 1.165) is 23.3 Å². The van der Waals surface area contributed by atoms with Crippen LogP contribution >= 0.6 is 0 Å². The zero-order valence-electron chi connectivity index (χ0n) is 15.1. The third-order valence-electron chi connectivity index (χ3n) is 4.89. The van der Waals surface area contributed by atoms with Crippen LogP contribution in [0.5, 0.6) is 0 Å². The summed E-state index contributed by atoms with van der Waals surface area (Å²) in [6, 6.07) is 9.50. The fourth-order valence-corrected chi connectivity index (χ4v) is 3.39. The predicted molar refractivity (Wildman–Crippen MR) is 97.5 cm³/mol. The average Bonchev–Trinajstić information content (AvgIpc) is 3.12. The van der Waals surface area contributed by atoms with E-state index in [4.69, 9.17) is 5.11 Å². The number of carbonyl (C=O) groups excluding carboxylic acids is 1. The summed E-state index contributed by atoms with van der Waals surface area (Å²) in [6.07, 6.45) is -4.80. The quantitative estimate of drug-likeness (QED) is 0.793. The number of alkyl halides is 3. The number of rotatable bonds is 3. The molecule has 2 amide bonds. The molecule has 2 N–H and O–H groups in total. The summed E-state index contributed by atoms with van der Waals surface area (Å²) in [4.78, 5) is 25.0. The highest BCUT2D eigenvalue weighted by Crippen LogP contribution is 2.32. The highest BCUT2D eigenvalue weighted by molar-refractivity contribution is 6.04. The molecule has 0 bridgehead atoms. The Hall–Kier alpha value is -3.03. The molecule has 28 heavy (non-hydrogen) atoms. The van der Waals surface area contributed by atoms with E-state index in [1.807, 2.05) is 6.92 Å². The van der Waals surface area contributed by atoms with Gasteiger partial charge in [0.15, 0.2) is 0 Å². The number of aryl methyl sites for hydroxylation is 1. The van der Waals surface area contributed by atoms with E-state index in [9.17, 15) is 22.8 Å². The van der Waals surface area contributed by atoms with Crippen molar-refractivity contribution in [2.75, 3.05) is 18.4 Å². The molecule has 0 saturated carbocycles. The number of likely N-dealkylation sites (tertiary alicyclic amines) is 1. The highest BCUT2D eigenvalue weighted by atomic mass is 19.4. The van der Waals surface area contributed by atoms with Crippen LogP contribution in [0.15, 0.2) is 42.5 Å². The van der Waals surface area contributed by atoms with Gasteiger partial charge >= 0.3 is 12.3 Å². The molecule has 1 aliphatic rings. The Morgan fingerprint density at radius 2 is 1.93 bits per heavy atom. The predicted octanol–water partition coefficient (Wildman–Crippen LogP) is 4.73. The van der Waals surface area contributed by atoms with Crippen LogP contribution in [0, 0.1) is 6.92 Å². The zero-order chi connectivity index (χ0) is 20.5. The van der Waals surface area contributed by atoms with Gasteiger partial charge in [-0.25, -0.2) is 4.79 Å². The van der Waals surface area contributed by atoms with Crippen LogP contribution in [0.2, 0.25) is 0 Å². The lowest BCUT2D eigenvalue weighted by molar-refractivity contribution is -0.137. The van der Waals surface area contributed by atoms with Crippen molar-refractivity contribution in [2.24, 2.45) is 0 Å². The second-order valence-corrected chi connectivity index (χ2v) is 6.82. The van der Waals surface area contributed by atoms with Gasteiger partial charge in [-0.05, 0) is 54.8 Å². The molecule has 8 heteroatoms. The number of halogens is 3. The van der Waals surface area contributed by atoms with Crippen LogP contribution in [-0.4, -0.2) is 35.1 Å². The molecule has 2 aromatic carbocycles. The van der Waals surface area contributed by atoms with Gasteiger partial charge in [0, 0.05) is 30.3 Å². The molecule has 3 rings (SSSR count). The lowest BCUT2D eigenvalue weighted by atomic mass is 9.92. The molecule has 0 radical (unpaired) electrons. The van der Waals surface area contributed by atoms with E-state index in [1.54, 1.807) is 18.2 Å². The summed E-state index contributed by atoms with van der Waals surface area (Å²) in [5.74, 6) is -0.536. The molecule has 0 unspecified atom stereocenters. The second kappa shape index (κ2) is 7.53. The lowest BCUT2D eigenvalue weighted by Crippen LogP contribution is -2.26. The second-order valence-electron chi connectivity index (χ2n) is 6.82. The van der Waals surface area contributed by atoms with Crippen LogP contribution in [0.4, 0.5) is 23.7 Å². The molecule has 1 saturated heterocycles. The Bertz CT molecular complexity index is 912. The topological polar surface area (TPSA) is 69.6 Å². The van der Waals surface area contributed by atoms with Gasteiger partial charge in [-0.3, -0.25) is 4.79 Å². The number of hydrogen-bond acceptors (Lipinski definition) is 2. The molecule has 148 valence electrons. The fraction of sp³-hybridized carbons (Fsp3) is 0.300. The minimum atomic E-state index is -4.49. The van der Waals surface area contributed by atoms with Gasteiger partial charge in [0.05, 0.1) is 5.56 Å². The van der Waals surface area contributed by atoms with E-state index in [-0.39, 0.29) is 11.6 Å². The van der Waals surface area contributed by atoms with Crippen LogP contribution in [0.25, 0.3) is 0 Å². The Kier molecular flexibility index (Phi) is 5.31. The molecule has 5 nitrogen and oxygen atoms in total. The number of amides is 2. The zero-order valence-corrected chi connectivity index (χ0v) is 15.1. The number of nitrogens with zero attached hydrogens (tertiary/aromatic N) is 1. The normalized spacial score (nSPS) is 16.9. The molecule has 0 aromatic heterocycles. The van der Waals surface area contributed by atoms with Crippen LogP contribution in [-0.2, 0) is 6.18 Å². The first-order valence-electron chi connectivity index (χ1n) is 8.72. The van der Waals surface area contributed by atoms with Crippen LogP contribution < -0.4 is 5.32 Å². The largest absolute Gasteiger partial charge is 0.465 e. The SMILES string of the molecule is Cc1ccc(C(=O)Nc2cccc(C(F)(F)F)c2)cc1[C@@H]1CCN(C(=O)O)C1. The first-order chi connectivity index (χ1) is 13.1. The van der Waals surface area contributed by atoms with Gasteiger partial charge in [-0.1, -0.05) is 12.1 Å². The molecule has 2 aromatic rings. The van der Waals surface area contributed by atoms with E-state index in [0.29, 0.717) is 25.1 Å². The number of anilines is 1. The Labute approximate surface area is 159 Å². The standard InChI is InChI=1S/C20H19F3N2O3/c1-12-5-6-13(9-17(12)14-7-8-25(11-14)19(27)28)18(26)24-16-4-2-3-15(10-16)20(21,22)23/h2-6,9-10,14H,7-8,11H2,1H3,(H,24,26)(H,27,28)/t14-/m1/s1. The smallest absolute Gasteiger partial charge is 0.416 e. The van der Waals surface area contributed by atoms with Crippen molar-refractivity contribution in [3.63, 3.8) is 0 Å². The molecule has 1 heterocycles. The maximum absolute atomic E-state index is 12.8. The van der Waals surface area contributed by atoms with Crippen molar-refractivity contribution in [2.45, 2.75) is 25.4 Å². The molecule has 1 aliphatic heterocycles. The average molecular weight is 392 g/mol. The highest BCUT2D eigenvalue weighted by Gasteiger charge is 2.31. The van der Waals surface area contributed by atoms with E-state index in [2.05, 4.69) is 5.32 Å². The summed E-state index contributed by atoms with van der Waals surface area (Å²) in [6.45, 7) is 2.67. The number of nitrogens with one attached hydrogen (secondary N) is 1. The Balaban J connectivity index is 1.79. The minimum absolute atomic E-state index is 0.0163. The van der Waals surface area contributed by atoms with Crippen molar-refractivity contribution >= 4 is 17.7 Å². The molecular weight excluding hydrogens is 373 g/mol. The summed E-state index contributed by atoms with van der Waals surface area (Å²) in [5, 5.41) is 11.6. The van der Waals surface area contributed by atoms with Crippen molar-refractivity contribution in [3.8, 4) is 0 Å². The van der Waals surface area contributed by atoms with E-state index in [1.165, 1.54) is 17.0 Å². The lowest BCUT2D eigenvalue weighted by Gasteiger charge is -2.16. The fourth-order valence-electron chi connectivity index (χ4n) is 3.39. The molecular formula is C20H19F3N2O3. The van der Waals surface area contributed by atoms with Crippen LogP contribution in [0.3, 0.4) is 0 Å². The van der Waals surface area contributed by atoms with Gasteiger partial charge in [-0.2, -0.15) is 13.2 Å². The van der Waals surface area contributed by atoms with Crippen molar-refractivity contribution in [1.82, 2.24) is 4.90 Å². The van der Waals surface area contributed by atoms with Gasteiger partial charge < -0.3 is 15.3 Å². The van der Waals surface area contributed by atoms with Crippen molar-refractivity contribution < 1.29 is 27.9 Å². The van der Waals surface area contributed by atoms with E-state index >= 15 is 0 Å². The number of benzene rings is 2. The monoisotopic (exact) mass is 392 g/mol. The maximum Gasteiger partial charge on any atom is 0.416 e. The van der Waals surface area contributed by atoms with Crippen molar-refractivity contribution in [1.29, 1.82) is 0 Å². The third-order valence-corrected chi connectivity index (χ3v) is 4.89. The van der Waals surface area contributed by atoms with Gasteiger partial charge in [0.25, 0.3) is 5.91 Å². The van der Waals surface area contributed by atoms with Gasteiger partial charge in [0.1, 0.15) is 0 Å². The first-order valence-corrected chi connectivity index (χ1v) is 8.72. The van der Waals surface area contributed by atoms with Crippen molar-refractivity contribution in [3.05, 3.63) is 64.7 Å². The summed E-state index contributed by atoms with van der Waals surface area (Å²) in [5.41, 5.74) is 1.34. The van der Waals surface area contributed by atoms with E-state index < -0.39 is 23.7 Å². The molecule has 1 fully saturated rings. The molecule has 0 spiro atoms. The molecule has 1 atom stereocenters.